The van der Waals surface area contributed by atoms with Crippen LogP contribution in [0.1, 0.15) is 36.2 Å². The van der Waals surface area contributed by atoms with Gasteiger partial charge in [0.15, 0.2) is 0 Å². The first-order valence-corrected chi connectivity index (χ1v) is 11.3. The van der Waals surface area contributed by atoms with Crippen LogP contribution in [0.2, 0.25) is 0 Å². The zero-order valence-electron chi connectivity index (χ0n) is 20.3. The van der Waals surface area contributed by atoms with Crippen LogP contribution in [0, 0.1) is 6.92 Å². The molecule has 0 unspecified atom stereocenters. The van der Waals surface area contributed by atoms with Gasteiger partial charge in [-0.1, -0.05) is 19.1 Å². The van der Waals surface area contributed by atoms with E-state index in [9.17, 15) is 9.59 Å². The SMILES string of the molecule is CCCNc1cc(C)cc(C(=O)N(C)C)c1N1CCN(c2ccccc2NC(C)=O)CC1.Cl. The highest BCUT2D eigenvalue weighted by Crippen LogP contribution is 2.35. The van der Waals surface area contributed by atoms with E-state index in [4.69, 9.17) is 0 Å². The zero-order valence-corrected chi connectivity index (χ0v) is 21.1. The van der Waals surface area contributed by atoms with Crippen LogP contribution in [-0.2, 0) is 4.79 Å². The second-order valence-electron chi connectivity index (χ2n) is 8.51. The number of benzene rings is 2. The molecule has 2 aromatic carbocycles. The summed E-state index contributed by atoms with van der Waals surface area (Å²) in [5, 5.41) is 6.47. The maximum absolute atomic E-state index is 13.0. The molecular weight excluding hydrogens is 438 g/mol. The number of nitrogens with zero attached hydrogens (tertiary/aromatic N) is 3. The van der Waals surface area contributed by atoms with Crippen molar-refractivity contribution in [2.45, 2.75) is 27.2 Å². The van der Waals surface area contributed by atoms with E-state index in [1.54, 1.807) is 19.0 Å². The fraction of sp³-hybridized carbons (Fsp3) is 0.440. The fourth-order valence-electron chi connectivity index (χ4n) is 4.13. The van der Waals surface area contributed by atoms with Crippen LogP contribution in [-0.4, -0.2) is 63.5 Å². The van der Waals surface area contributed by atoms with Gasteiger partial charge in [-0.15, -0.1) is 12.4 Å². The second kappa shape index (κ2) is 11.8. The molecule has 2 amide bonds. The van der Waals surface area contributed by atoms with E-state index in [0.29, 0.717) is 0 Å². The summed E-state index contributed by atoms with van der Waals surface area (Å²) in [4.78, 5) is 30.9. The quantitative estimate of drug-likeness (QED) is 0.630. The second-order valence-corrected chi connectivity index (χ2v) is 8.51. The number of rotatable bonds is 7. The van der Waals surface area contributed by atoms with Gasteiger partial charge in [-0.3, -0.25) is 9.59 Å². The largest absolute Gasteiger partial charge is 0.383 e. The molecule has 2 N–H and O–H groups in total. The summed E-state index contributed by atoms with van der Waals surface area (Å²) in [5.74, 6) is -0.0593. The summed E-state index contributed by atoms with van der Waals surface area (Å²) in [6.45, 7) is 9.72. The molecule has 2 aromatic rings. The van der Waals surface area contributed by atoms with Crippen LogP contribution >= 0.6 is 12.4 Å². The number of aryl methyl sites for hydroxylation is 1. The number of para-hydroxylation sites is 2. The minimum atomic E-state index is -0.0748. The maximum atomic E-state index is 13.0. The minimum absolute atomic E-state index is 0. The van der Waals surface area contributed by atoms with E-state index in [-0.39, 0.29) is 24.2 Å². The molecule has 1 saturated heterocycles. The molecular formula is C25H36ClN5O2. The van der Waals surface area contributed by atoms with Gasteiger partial charge in [-0.2, -0.15) is 0 Å². The summed E-state index contributed by atoms with van der Waals surface area (Å²) < 4.78 is 0. The number of anilines is 4. The van der Waals surface area contributed by atoms with Gasteiger partial charge in [0.2, 0.25) is 5.91 Å². The van der Waals surface area contributed by atoms with E-state index in [2.05, 4.69) is 33.4 Å². The Labute approximate surface area is 203 Å². The molecule has 0 bridgehead atoms. The number of piperazine rings is 1. The highest BCUT2D eigenvalue weighted by molar-refractivity contribution is 6.03. The molecule has 0 saturated carbocycles. The molecule has 180 valence electrons. The Bertz CT molecular complexity index is 971. The van der Waals surface area contributed by atoms with Gasteiger partial charge in [0.05, 0.1) is 28.3 Å². The van der Waals surface area contributed by atoms with Crippen LogP contribution in [0.4, 0.5) is 22.7 Å². The lowest BCUT2D eigenvalue weighted by Gasteiger charge is -2.39. The van der Waals surface area contributed by atoms with Crippen LogP contribution < -0.4 is 20.4 Å². The molecule has 1 aliphatic heterocycles. The molecule has 3 rings (SSSR count). The van der Waals surface area contributed by atoms with Gasteiger partial charge in [-0.25, -0.2) is 0 Å². The normalized spacial score (nSPS) is 13.2. The Hall–Kier alpha value is -2.93. The van der Waals surface area contributed by atoms with Crippen molar-refractivity contribution in [3.63, 3.8) is 0 Å². The highest BCUT2D eigenvalue weighted by atomic mass is 35.5. The van der Waals surface area contributed by atoms with Crippen molar-refractivity contribution in [1.82, 2.24) is 4.90 Å². The van der Waals surface area contributed by atoms with E-state index in [0.717, 1.165) is 73.0 Å². The smallest absolute Gasteiger partial charge is 0.255 e. The minimum Gasteiger partial charge on any atom is -0.383 e. The van der Waals surface area contributed by atoms with Gasteiger partial charge in [-0.05, 0) is 43.2 Å². The first-order valence-electron chi connectivity index (χ1n) is 11.3. The number of carbonyl (C=O) groups is 2. The fourth-order valence-corrected chi connectivity index (χ4v) is 4.13. The lowest BCUT2D eigenvalue weighted by atomic mass is 10.0. The van der Waals surface area contributed by atoms with Crippen molar-refractivity contribution < 1.29 is 9.59 Å². The predicted molar refractivity (Wildman–Crippen MR) is 140 cm³/mol. The lowest BCUT2D eigenvalue weighted by Crippen LogP contribution is -2.47. The third kappa shape index (κ3) is 6.32. The molecule has 0 atom stereocenters. The number of halogens is 1. The zero-order chi connectivity index (χ0) is 23.3. The van der Waals surface area contributed by atoms with E-state index in [1.165, 1.54) is 6.92 Å². The van der Waals surface area contributed by atoms with Crippen LogP contribution in [0.5, 0.6) is 0 Å². The third-order valence-corrected chi connectivity index (χ3v) is 5.61. The first kappa shape index (κ1) is 26.3. The monoisotopic (exact) mass is 473 g/mol. The van der Waals surface area contributed by atoms with Gasteiger partial charge in [0, 0.05) is 53.7 Å². The number of hydrogen-bond acceptors (Lipinski definition) is 5. The van der Waals surface area contributed by atoms with Gasteiger partial charge in [0.25, 0.3) is 5.91 Å². The molecule has 1 aliphatic rings. The molecule has 1 heterocycles. The predicted octanol–water partition coefficient (Wildman–Crippen LogP) is 4.23. The van der Waals surface area contributed by atoms with Crippen LogP contribution in [0.3, 0.4) is 0 Å². The topological polar surface area (TPSA) is 67.9 Å². The molecule has 0 spiro atoms. The molecule has 7 nitrogen and oxygen atoms in total. The standard InChI is InChI=1S/C25H35N5O2.ClH/c1-6-11-26-22-17-18(2)16-20(25(32)28(4)5)24(22)30-14-12-29(13-15-30)23-10-8-7-9-21(23)27-19(3)31;/h7-10,16-17,26H,6,11-15H2,1-5H3,(H,27,31);1H. The van der Waals surface area contributed by atoms with E-state index in [1.807, 2.05) is 37.3 Å². The van der Waals surface area contributed by atoms with Gasteiger partial charge >= 0.3 is 0 Å². The number of amides is 2. The molecule has 0 aliphatic carbocycles. The average Bonchev–Trinajstić information content (AvgIpc) is 2.77. The summed E-state index contributed by atoms with van der Waals surface area (Å²) >= 11 is 0. The summed E-state index contributed by atoms with van der Waals surface area (Å²) in [5.41, 5.74) is 5.67. The Kier molecular flexibility index (Phi) is 9.41. The highest BCUT2D eigenvalue weighted by Gasteiger charge is 2.26. The van der Waals surface area contributed by atoms with Gasteiger partial charge in [0.1, 0.15) is 0 Å². The Morgan fingerprint density at radius 3 is 2.24 bits per heavy atom. The first-order chi connectivity index (χ1) is 15.3. The Balaban J connectivity index is 0.00000385. The van der Waals surface area contributed by atoms with Crippen LogP contribution in [0.25, 0.3) is 0 Å². The molecule has 33 heavy (non-hydrogen) atoms. The summed E-state index contributed by atoms with van der Waals surface area (Å²) in [7, 11) is 3.59. The summed E-state index contributed by atoms with van der Waals surface area (Å²) in [6.07, 6.45) is 1.01. The third-order valence-electron chi connectivity index (χ3n) is 5.61. The number of carbonyl (C=O) groups excluding carboxylic acids is 2. The van der Waals surface area contributed by atoms with Crippen molar-refractivity contribution in [3.8, 4) is 0 Å². The van der Waals surface area contributed by atoms with E-state index >= 15 is 0 Å². The van der Waals surface area contributed by atoms with Crippen molar-refractivity contribution in [2.75, 3.05) is 67.3 Å². The van der Waals surface area contributed by atoms with E-state index < -0.39 is 0 Å². The summed E-state index contributed by atoms with van der Waals surface area (Å²) in [6, 6.07) is 12.0. The molecule has 0 aromatic heterocycles. The Morgan fingerprint density at radius 1 is 1.00 bits per heavy atom. The number of hydrogen-bond donors (Lipinski definition) is 2. The average molecular weight is 474 g/mol. The molecule has 1 fully saturated rings. The Morgan fingerprint density at radius 2 is 1.64 bits per heavy atom. The van der Waals surface area contributed by atoms with Crippen molar-refractivity contribution in [1.29, 1.82) is 0 Å². The van der Waals surface area contributed by atoms with Crippen LogP contribution in [0.15, 0.2) is 36.4 Å². The van der Waals surface area contributed by atoms with Crippen molar-refractivity contribution in [3.05, 3.63) is 47.5 Å². The number of nitrogens with one attached hydrogen (secondary N) is 2. The maximum Gasteiger partial charge on any atom is 0.255 e. The van der Waals surface area contributed by atoms with Crippen molar-refractivity contribution in [2.24, 2.45) is 0 Å². The molecule has 0 radical (unpaired) electrons. The lowest BCUT2D eigenvalue weighted by molar-refractivity contribution is -0.114. The molecule has 8 heteroatoms. The van der Waals surface area contributed by atoms with Crippen molar-refractivity contribution >= 4 is 47.0 Å². The van der Waals surface area contributed by atoms with Gasteiger partial charge < -0.3 is 25.3 Å².